The number of hydrogen-bond donors (Lipinski definition) is 1. The normalized spacial score (nSPS) is 15.9. The minimum absolute atomic E-state index is 0.202. The molecule has 0 spiro atoms. The zero-order valence-electron chi connectivity index (χ0n) is 17.6. The largest absolute Gasteiger partial charge is 0.389 e. The summed E-state index contributed by atoms with van der Waals surface area (Å²) in [7, 11) is 0. The van der Waals surface area contributed by atoms with Crippen LogP contribution in [0.15, 0.2) is 84.9 Å². The first kappa shape index (κ1) is 21.5. The van der Waals surface area contributed by atoms with Crippen LogP contribution in [0, 0.1) is 5.82 Å². The molecule has 1 atom stereocenters. The van der Waals surface area contributed by atoms with Gasteiger partial charge in [-0.15, -0.1) is 0 Å². The van der Waals surface area contributed by atoms with Gasteiger partial charge in [0.15, 0.2) is 0 Å². The molecule has 1 saturated heterocycles. The van der Waals surface area contributed by atoms with Gasteiger partial charge in [-0.25, -0.2) is 4.39 Å². The van der Waals surface area contributed by atoms with Crippen LogP contribution in [-0.2, 0) is 4.74 Å². The Balaban J connectivity index is 1.29. The van der Waals surface area contributed by atoms with E-state index in [4.69, 9.17) is 4.74 Å². The molecule has 4 rings (SSSR count). The molecule has 1 N–H and O–H groups in total. The van der Waals surface area contributed by atoms with E-state index in [0.29, 0.717) is 6.54 Å². The summed E-state index contributed by atoms with van der Waals surface area (Å²) < 4.78 is 19.3. The molecule has 1 aliphatic heterocycles. The summed E-state index contributed by atoms with van der Waals surface area (Å²) in [6.45, 7) is 4.27. The molecule has 3 aromatic carbocycles. The average molecular weight is 421 g/mol. The van der Waals surface area contributed by atoms with Gasteiger partial charge in [0.2, 0.25) is 0 Å². The molecule has 162 valence electrons. The number of ether oxygens (including phenoxy) is 1. The highest BCUT2D eigenvalue weighted by Crippen LogP contribution is 2.26. The fourth-order valence-corrected chi connectivity index (χ4v) is 4.04. The molecule has 5 heteroatoms. The molecule has 1 aliphatic rings. The second-order valence-electron chi connectivity index (χ2n) is 7.95. The highest BCUT2D eigenvalue weighted by atomic mass is 19.1. The first-order valence-electron chi connectivity index (χ1n) is 10.8. The molecule has 4 nitrogen and oxygen atoms in total. The summed E-state index contributed by atoms with van der Waals surface area (Å²) in [6.07, 6.45) is -0.764. The highest BCUT2D eigenvalue weighted by molar-refractivity contribution is 5.46. The Morgan fingerprint density at radius 3 is 1.87 bits per heavy atom. The van der Waals surface area contributed by atoms with Gasteiger partial charge in [-0.3, -0.25) is 4.90 Å². The van der Waals surface area contributed by atoms with Crippen LogP contribution in [0.2, 0.25) is 0 Å². The van der Waals surface area contributed by atoms with Gasteiger partial charge in [0.25, 0.3) is 0 Å². The fourth-order valence-electron chi connectivity index (χ4n) is 4.04. The maximum absolute atomic E-state index is 13.1. The Morgan fingerprint density at radius 1 is 0.774 bits per heavy atom. The van der Waals surface area contributed by atoms with Crippen LogP contribution in [0.3, 0.4) is 0 Å². The van der Waals surface area contributed by atoms with E-state index in [-0.39, 0.29) is 18.5 Å². The molecule has 0 bridgehead atoms. The molecule has 3 aromatic rings. The smallest absolute Gasteiger partial charge is 0.123 e. The predicted molar refractivity (Wildman–Crippen MR) is 122 cm³/mol. The van der Waals surface area contributed by atoms with Crippen LogP contribution in [0.5, 0.6) is 0 Å². The van der Waals surface area contributed by atoms with E-state index in [0.717, 1.165) is 43.0 Å². The van der Waals surface area contributed by atoms with Crippen LogP contribution < -0.4 is 4.90 Å². The third-order valence-corrected chi connectivity index (χ3v) is 5.69. The van der Waals surface area contributed by atoms with E-state index < -0.39 is 6.10 Å². The maximum atomic E-state index is 13.1. The van der Waals surface area contributed by atoms with E-state index in [9.17, 15) is 9.50 Å². The van der Waals surface area contributed by atoms with Crippen molar-refractivity contribution in [3.05, 3.63) is 102 Å². The Bertz CT molecular complexity index is 874. The lowest BCUT2D eigenvalue weighted by molar-refractivity contribution is -0.00893. The summed E-state index contributed by atoms with van der Waals surface area (Å²) in [5.74, 6) is -0.213. The summed E-state index contributed by atoms with van der Waals surface area (Å²) in [4.78, 5) is 4.51. The Labute approximate surface area is 183 Å². The van der Waals surface area contributed by atoms with Crippen molar-refractivity contribution >= 4 is 5.69 Å². The molecule has 31 heavy (non-hydrogen) atoms. The lowest BCUT2D eigenvalue weighted by atomic mass is 10.0. The standard InChI is InChI=1S/C26H29FN2O2/c27-23-11-13-24(14-12-23)29-17-15-28(16-18-29)19-25(30)20-31-26(21-7-3-1-4-8-21)22-9-5-2-6-10-22/h1-14,25-26,30H,15-20H2/t25-/m0/s1. The molecule has 1 fully saturated rings. The molecule has 0 aromatic heterocycles. The summed E-state index contributed by atoms with van der Waals surface area (Å²) in [5.41, 5.74) is 3.20. The van der Waals surface area contributed by atoms with Crippen LogP contribution in [-0.4, -0.2) is 55.4 Å². The van der Waals surface area contributed by atoms with E-state index in [1.807, 2.05) is 48.5 Å². The Morgan fingerprint density at radius 2 is 1.32 bits per heavy atom. The molecule has 1 heterocycles. The van der Waals surface area contributed by atoms with Crippen molar-refractivity contribution in [3.8, 4) is 0 Å². The average Bonchev–Trinajstić information content (AvgIpc) is 2.82. The van der Waals surface area contributed by atoms with Crippen molar-refractivity contribution in [1.82, 2.24) is 4.90 Å². The van der Waals surface area contributed by atoms with Crippen molar-refractivity contribution in [2.45, 2.75) is 12.2 Å². The molecule has 0 radical (unpaired) electrons. The number of hydrogen-bond acceptors (Lipinski definition) is 4. The zero-order valence-corrected chi connectivity index (χ0v) is 17.6. The molecular formula is C26H29FN2O2. The van der Waals surface area contributed by atoms with Gasteiger partial charge in [0.1, 0.15) is 11.9 Å². The number of aliphatic hydroxyl groups excluding tert-OH is 1. The number of benzene rings is 3. The fraction of sp³-hybridized carbons (Fsp3) is 0.308. The number of rotatable bonds is 8. The third kappa shape index (κ3) is 5.91. The SMILES string of the molecule is O[C@H](COC(c1ccccc1)c1ccccc1)CN1CCN(c2ccc(F)cc2)CC1. The summed E-state index contributed by atoms with van der Waals surface area (Å²) in [5, 5.41) is 10.6. The quantitative estimate of drug-likeness (QED) is 0.595. The third-order valence-electron chi connectivity index (χ3n) is 5.69. The zero-order chi connectivity index (χ0) is 21.5. The van der Waals surface area contributed by atoms with Gasteiger partial charge in [0, 0.05) is 38.4 Å². The second-order valence-corrected chi connectivity index (χ2v) is 7.95. The van der Waals surface area contributed by atoms with E-state index in [1.165, 1.54) is 12.1 Å². The van der Waals surface area contributed by atoms with Crippen molar-refractivity contribution in [2.75, 3.05) is 44.2 Å². The molecule has 0 aliphatic carbocycles. The first-order chi connectivity index (χ1) is 15.2. The van der Waals surface area contributed by atoms with Crippen LogP contribution >= 0.6 is 0 Å². The van der Waals surface area contributed by atoms with Gasteiger partial charge in [-0.1, -0.05) is 60.7 Å². The molecule has 0 amide bonds. The van der Waals surface area contributed by atoms with Gasteiger partial charge in [-0.2, -0.15) is 0 Å². The van der Waals surface area contributed by atoms with Gasteiger partial charge in [0.05, 0.1) is 12.7 Å². The van der Waals surface area contributed by atoms with E-state index in [1.54, 1.807) is 0 Å². The van der Waals surface area contributed by atoms with Crippen molar-refractivity contribution in [1.29, 1.82) is 0 Å². The Kier molecular flexibility index (Phi) is 7.30. The topological polar surface area (TPSA) is 35.9 Å². The van der Waals surface area contributed by atoms with Gasteiger partial charge < -0.3 is 14.7 Å². The monoisotopic (exact) mass is 420 g/mol. The van der Waals surface area contributed by atoms with Crippen LogP contribution in [0.4, 0.5) is 10.1 Å². The number of nitrogens with zero attached hydrogens (tertiary/aromatic N) is 2. The van der Waals surface area contributed by atoms with Crippen LogP contribution in [0.25, 0.3) is 0 Å². The first-order valence-corrected chi connectivity index (χ1v) is 10.8. The van der Waals surface area contributed by atoms with Crippen molar-refractivity contribution in [2.24, 2.45) is 0 Å². The van der Waals surface area contributed by atoms with Gasteiger partial charge >= 0.3 is 0 Å². The summed E-state index contributed by atoms with van der Waals surface area (Å²) >= 11 is 0. The predicted octanol–water partition coefficient (Wildman–Crippen LogP) is 4.11. The lowest BCUT2D eigenvalue weighted by Crippen LogP contribution is -2.49. The number of anilines is 1. The number of β-amino-alcohol motifs (C(OH)–C–C–N with tert-alkyl or cyclic N) is 1. The van der Waals surface area contributed by atoms with Crippen LogP contribution in [0.1, 0.15) is 17.2 Å². The minimum atomic E-state index is -0.563. The van der Waals surface area contributed by atoms with Gasteiger partial charge in [-0.05, 0) is 35.4 Å². The Hall–Kier alpha value is -2.73. The van der Waals surface area contributed by atoms with E-state index in [2.05, 4.69) is 34.1 Å². The number of halogens is 1. The second kappa shape index (κ2) is 10.5. The van der Waals surface area contributed by atoms with Crippen molar-refractivity contribution < 1.29 is 14.2 Å². The van der Waals surface area contributed by atoms with E-state index >= 15 is 0 Å². The maximum Gasteiger partial charge on any atom is 0.123 e. The number of piperazine rings is 1. The molecular weight excluding hydrogens is 391 g/mol. The summed E-state index contributed by atoms with van der Waals surface area (Å²) in [6, 6.07) is 26.9. The highest BCUT2D eigenvalue weighted by Gasteiger charge is 2.21. The molecule has 0 saturated carbocycles. The lowest BCUT2D eigenvalue weighted by Gasteiger charge is -2.37. The minimum Gasteiger partial charge on any atom is -0.389 e. The molecule has 0 unspecified atom stereocenters. The van der Waals surface area contributed by atoms with Crippen molar-refractivity contribution in [3.63, 3.8) is 0 Å². The number of aliphatic hydroxyl groups is 1.